The second kappa shape index (κ2) is 5.82. The van der Waals surface area contributed by atoms with Crippen LogP contribution < -0.4 is 5.32 Å². The molecule has 0 fully saturated rings. The van der Waals surface area contributed by atoms with E-state index in [1.54, 1.807) is 6.92 Å². The van der Waals surface area contributed by atoms with Crippen LogP contribution in [0.3, 0.4) is 0 Å². The predicted octanol–water partition coefficient (Wildman–Crippen LogP) is 4.14. The van der Waals surface area contributed by atoms with Crippen molar-refractivity contribution in [3.63, 3.8) is 0 Å². The Bertz CT molecular complexity index is 553. The minimum absolute atomic E-state index is 0.242. The van der Waals surface area contributed by atoms with Crippen LogP contribution >= 0.6 is 38.9 Å². The molecule has 2 aromatic rings. The summed E-state index contributed by atoms with van der Waals surface area (Å²) in [6.45, 7) is 1.63. The van der Waals surface area contributed by atoms with Gasteiger partial charge in [0, 0.05) is 15.4 Å². The SMILES string of the molecule is C[C@H](Cl)C(=O)Nc1nc(-c2ccc(Br)cc2)cs1. The van der Waals surface area contributed by atoms with Crippen LogP contribution in [0, 0.1) is 0 Å². The highest BCUT2D eigenvalue weighted by atomic mass is 79.9. The number of alkyl halides is 1. The standard InChI is InChI=1S/C12H10BrClN2OS/c1-7(14)11(17)16-12-15-10(6-18-12)8-2-4-9(13)5-3-8/h2-7H,1H3,(H,15,16,17)/t7-/m0/s1. The van der Waals surface area contributed by atoms with E-state index >= 15 is 0 Å². The maximum atomic E-state index is 11.4. The van der Waals surface area contributed by atoms with Gasteiger partial charge in [0.1, 0.15) is 5.38 Å². The first-order valence-corrected chi connectivity index (χ1v) is 7.33. The molecule has 94 valence electrons. The van der Waals surface area contributed by atoms with Gasteiger partial charge in [0.05, 0.1) is 5.69 Å². The molecule has 0 radical (unpaired) electrons. The van der Waals surface area contributed by atoms with E-state index < -0.39 is 5.38 Å². The quantitative estimate of drug-likeness (QED) is 0.850. The lowest BCUT2D eigenvalue weighted by atomic mass is 10.2. The fourth-order valence-corrected chi connectivity index (χ4v) is 2.33. The summed E-state index contributed by atoms with van der Waals surface area (Å²) in [5.74, 6) is -0.242. The van der Waals surface area contributed by atoms with E-state index in [1.807, 2.05) is 29.6 Å². The highest BCUT2D eigenvalue weighted by Crippen LogP contribution is 2.26. The summed E-state index contributed by atoms with van der Waals surface area (Å²) in [5.41, 5.74) is 1.85. The van der Waals surface area contributed by atoms with Crippen molar-refractivity contribution in [3.8, 4) is 11.3 Å². The van der Waals surface area contributed by atoms with Crippen molar-refractivity contribution in [2.75, 3.05) is 5.32 Å². The molecule has 0 aliphatic heterocycles. The van der Waals surface area contributed by atoms with Crippen molar-refractivity contribution in [1.29, 1.82) is 0 Å². The fourth-order valence-electron chi connectivity index (χ4n) is 1.29. The summed E-state index contributed by atoms with van der Waals surface area (Å²) in [6.07, 6.45) is 0. The van der Waals surface area contributed by atoms with Gasteiger partial charge in [0.2, 0.25) is 5.91 Å². The van der Waals surface area contributed by atoms with Crippen molar-refractivity contribution in [2.45, 2.75) is 12.3 Å². The number of hydrogen-bond donors (Lipinski definition) is 1. The first-order chi connectivity index (χ1) is 8.56. The maximum absolute atomic E-state index is 11.4. The van der Waals surface area contributed by atoms with Crippen LogP contribution in [-0.2, 0) is 4.79 Å². The molecule has 1 amide bonds. The van der Waals surface area contributed by atoms with Gasteiger partial charge in [-0.05, 0) is 19.1 Å². The summed E-state index contributed by atoms with van der Waals surface area (Å²) >= 11 is 10.4. The molecule has 1 N–H and O–H groups in total. The van der Waals surface area contributed by atoms with Crippen molar-refractivity contribution in [1.82, 2.24) is 4.98 Å². The number of benzene rings is 1. The molecule has 1 heterocycles. The average Bonchev–Trinajstić information content (AvgIpc) is 2.78. The number of thiazole rings is 1. The Morgan fingerprint density at radius 3 is 2.72 bits per heavy atom. The molecule has 0 saturated carbocycles. The van der Waals surface area contributed by atoms with Gasteiger partial charge in [-0.1, -0.05) is 28.1 Å². The number of carbonyl (C=O) groups is 1. The summed E-state index contributed by atoms with van der Waals surface area (Å²) in [7, 11) is 0. The molecular formula is C12H10BrClN2OS. The zero-order chi connectivity index (χ0) is 13.1. The van der Waals surface area contributed by atoms with Crippen LogP contribution in [0.2, 0.25) is 0 Å². The summed E-state index contributed by atoms with van der Waals surface area (Å²) in [4.78, 5) is 15.8. The average molecular weight is 346 g/mol. The zero-order valence-electron chi connectivity index (χ0n) is 9.48. The van der Waals surface area contributed by atoms with Gasteiger partial charge < -0.3 is 5.32 Å². The Balaban J connectivity index is 2.15. The Kier molecular flexibility index (Phi) is 4.37. The molecule has 1 atom stereocenters. The number of nitrogens with one attached hydrogen (secondary N) is 1. The molecule has 2 rings (SSSR count). The third-order valence-corrected chi connectivity index (χ3v) is 3.72. The number of amides is 1. The normalized spacial score (nSPS) is 12.2. The molecular weight excluding hydrogens is 336 g/mol. The first kappa shape index (κ1) is 13.5. The van der Waals surface area contributed by atoms with Crippen LogP contribution in [0.5, 0.6) is 0 Å². The number of hydrogen-bond acceptors (Lipinski definition) is 3. The van der Waals surface area contributed by atoms with E-state index in [9.17, 15) is 4.79 Å². The van der Waals surface area contributed by atoms with Crippen LogP contribution in [0.1, 0.15) is 6.92 Å². The van der Waals surface area contributed by atoms with Crippen molar-refractivity contribution >= 4 is 49.9 Å². The Morgan fingerprint density at radius 2 is 2.11 bits per heavy atom. The second-order valence-corrected chi connectivity index (χ2v) is 6.08. The van der Waals surface area contributed by atoms with Gasteiger partial charge in [0.25, 0.3) is 0 Å². The highest BCUT2D eigenvalue weighted by Gasteiger charge is 2.12. The van der Waals surface area contributed by atoms with Crippen molar-refractivity contribution in [3.05, 3.63) is 34.1 Å². The first-order valence-electron chi connectivity index (χ1n) is 5.22. The smallest absolute Gasteiger partial charge is 0.243 e. The highest BCUT2D eigenvalue weighted by molar-refractivity contribution is 9.10. The molecule has 0 bridgehead atoms. The topological polar surface area (TPSA) is 42.0 Å². The van der Waals surface area contributed by atoms with E-state index in [1.165, 1.54) is 11.3 Å². The van der Waals surface area contributed by atoms with Gasteiger partial charge in [0.15, 0.2) is 5.13 Å². The third kappa shape index (κ3) is 3.31. The second-order valence-electron chi connectivity index (χ2n) is 3.65. The van der Waals surface area contributed by atoms with E-state index in [-0.39, 0.29) is 5.91 Å². The Morgan fingerprint density at radius 1 is 1.44 bits per heavy atom. The Hall–Kier alpha value is -0.910. The van der Waals surface area contributed by atoms with Crippen molar-refractivity contribution in [2.24, 2.45) is 0 Å². The molecule has 0 aliphatic rings. The van der Waals surface area contributed by atoms with Crippen LogP contribution in [-0.4, -0.2) is 16.3 Å². The summed E-state index contributed by atoms with van der Waals surface area (Å²) < 4.78 is 1.02. The number of carbonyl (C=O) groups excluding carboxylic acids is 1. The lowest BCUT2D eigenvalue weighted by molar-refractivity contribution is -0.115. The van der Waals surface area contributed by atoms with E-state index in [4.69, 9.17) is 11.6 Å². The maximum Gasteiger partial charge on any atom is 0.243 e. The Labute approximate surface area is 122 Å². The monoisotopic (exact) mass is 344 g/mol. The van der Waals surface area contributed by atoms with Crippen LogP contribution in [0.4, 0.5) is 5.13 Å². The van der Waals surface area contributed by atoms with Crippen LogP contribution in [0.15, 0.2) is 34.1 Å². The molecule has 6 heteroatoms. The van der Waals surface area contributed by atoms with E-state index in [2.05, 4.69) is 26.2 Å². The van der Waals surface area contributed by atoms with Gasteiger partial charge in [-0.15, -0.1) is 22.9 Å². The summed E-state index contributed by atoms with van der Waals surface area (Å²) in [6, 6.07) is 7.84. The third-order valence-electron chi connectivity index (χ3n) is 2.24. The lowest BCUT2D eigenvalue weighted by Crippen LogP contribution is -2.20. The molecule has 0 saturated heterocycles. The van der Waals surface area contributed by atoms with Crippen LogP contribution in [0.25, 0.3) is 11.3 Å². The zero-order valence-corrected chi connectivity index (χ0v) is 12.6. The number of nitrogens with zero attached hydrogens (tertiary/aromatic N) is 1. The number of aromatic nitrogens is 1. The minimum atomic E-state index is -0.565. The summed E-state index contributed by atoms with van der Waals surface area (Å²) in [5, 5.41) is 4.57. The number of anilines is 1. The molecule has 1 aromatic carbocycles. The van der Waals surface area contributed by atoms with Gasteiger partial charge in [-0.25, -0.2) is 4.98 Å². The molecule has 0 spiro atoms. The van der Waals surface area contributed by atoms with Gasteiger partial charge in [-0.3, -0.25) is 4.79 Å². The lowest BCUT2D eigenvalue weighted by Gasteiger charge is -2.01. The molecule has 0 unspecified atom stereocenters. The van der Waals surface area contributed by atoms with E-state index in [0.717, 1.165) is 15.7 Å². The molecule has 1 aromatic heterocycles. The van der Waals surface area contributed by atoms with E-state index in [0.29, 0.717) is 5.13 Å². The van der Waals surface area contributed by atoms with Gasteiger partial charge in [-0.2, -0.15) is 0 Å². The molecule has 18 heavy (non-hydrogen) atoms. The molecule has 3 nitrogen and oxygen atoms in total. The van der Waals surface area contributed by atoms with Gasteiger partial charge >= 0.3 is 0 Å². The molecule has 0 aliphatic carbocycles. The predicted molar refractivity (Wildman–Crippen MR) is 79.2 cm³/mol. The van der Waals surface area contributed by atoms with Crippen molar-refractivity contribution < 1.29 is 4.79 Å². The minimum Gasteiger partial charge on any atom is -0.301 e. The fraction of sp³-hybridized carbons (Fsp3) is 0.167. The largest absolute Gasteiger partial charge is 0.301 e. The number of halogens is 2. The number of rotatable bonds is 3.